The van der Waals surface area contributed by atoms with Crippen LogP contribution in [0.5, 0.6) is 0 Å². The van der Waals surface area contributed by atoms with E-state index in [0.29, 0.717) is 0 Å². The number of unbranched alkanes of at least 4 members (excludes halogenated alkanes) is 1. The Labute approximate surface area is 95.1 Å². The van der Waals surface area contributed by atoms with Gasteiger partial charge in [-0.25, -0.2) is 0 Å². The lowest BCUT2D eigenvalue weighted by molar-refractivity contribution is 0.250. The predicted octanol–water partition coefficient (Wildman–Crippen LogP) is 4.95. The van der Waals surface area contributed by atoms with E-state index in [1.807, 2.05) is 0 Å². The van der Waals surface area contributed by atoms with Gasteiger partial charge in [0.05, 0.1) is 0 Å². The minimum atomic E-state index is 1.08. The van der Waals surface area contributed by atoms with Crippen molar-refractivity contribution in [1.82, 2.24) is 0 Å². The first-order valence-corrected chi connectivity index (χ1v) is 7.02. The molecular formula is C15H26. The zero-order valence-electron chi connectivity index (χ0n) is 10.1. The van der Waals surface area contributed by atoms with E-state index in [-0.39, 0.29) is 0 Å². The highest BCUT2D eigenvalue weighted by molar-refractivity contribution is 4.85. The fraction of sp³-hybridized carbons (Fsp3) is 0.867. The average Bonchev–Trinajstić information content (AvgIpc) is 2.87. The fourth-order valence-corrected chi connectivity index (χ4v) is 3.95. The molecular weight excluding hydrogens is 180 g/mol. The molecule has 0 aromatic carbocycles. The number of rotatable bonds is 5. The minimum absolute atomic E-state index is 1.08. The van der Waals surface area contributed by atoms with Crippen molar-refractivity contribution in [2.24, 2.45) is 17.8 Å². The second-order valence-electron chi connectivity index (χ2n) is 5.62. The lowest BCUT2D eigenvalue weighted by Crippen LogP contribution is -2.16. The van der Waals surface area contributed by atoms with Crippen LogP contribution in [0, 0.1) is 17.8 Å². The van der Waals surface area contributed by atoms with E-state index in [1.165, 1.54) is 44.9 Å². The van der Waals surface area contributed by atoms with Crippen molar-refractivity contribution < 1.29 is 0 Å². The van der Waals surface area contributed by atoms with E-state index in [2.05, 4.69) is 12.7 Å². The number of hydrogen-bond donors (Lipinski definition) is 0. The number of allylic oxidation sites excluding steroid dienone is 1. The summed E-state index contributed by atoms with van der Waals surface area (Å²) in [5.41, 5.74) is 0. The van der Waals surface area contributed by atoms with E-state index in [1.54, 1.807) is 19.3 Å². The van der Waals surface area contributed by atoms with E-state index in [4.69, 9.17) is 0 Å². The quantitative estimate of drug-likeness (QED) is 0.441. The van der Waals surface area contributed by atoms with Gasteiger partial charge in [0.2, 0.25) is 0 Å². The molecule has 0 aromatic heterocycles. The monoisotopic (exact) mass is 206 g/mol. The van der Waals surface area contributed by atoms with Crippen molar-refractivity contribution in [1.29, 1.82) is 0 Å². The van der Waals surface area contributed by atoms with Crippen molar-refractivity contribution in [2.45, 2.75) is 64.2 Å². The third kappa shape index (κ3) is 2.86. The molecule has 2 aliphatic rings. The standard InChI is InChI=1S/C15H26/c1-2-3-4-8-14-11-7-12-15(14)13-9-5-6-10-13/h2,13-15H,1,3-12H2/t14-,15?/m0/s1. The van der Waals surface area contributed by atoms with Crippen molar-refractivity contribution in [3.05, 3.63) is 12.7 Å². The highest BCUT2D eigenvalue weighted by atomic mass is 14.4. The molecule has 0 heterocycles. The Morgan fingerprint density at radius 2 is 1.80 bits per heavy atom. The summed E-state index contributed by atoms with van der Waals surface area (Å²) in [7, 11) is 0. The smallest absolute Gasteiger partial charge is 0.0353 e. The van der Waals surface area contributed by atoms with Gasteiger partial charge < -0.3 is 0 Å². The van der Waals surface area contributed by atoms with Crippen LogP contribution in [-0.2, 0) is 0 Å². The molecule has 2 saturated carbocycles. The zero-order chi connectivity index (χ0) is 10.5. The van der Waals surface area contributed by atoms with Crippen molar-refractivity contribution in [3.8, 4) is 0 Å². The maximum Gasteiger partial charge on any atom is -0.0353 e. The van der Waals surface area contributed by atoms with Gasteiger partial charge in [0.15, 0.2) is 0 Å². The molecule has 0 radical (unpaired) electrons. The predicted molar refractivity (Wildman–Crippen MR) is 66.8 cm³/mol. The molecule has 86 valence electrons. The molecule has 2 rings (SSSR count). The molecule has 1 unspecified atom stereocenters. The molecule has 0 bridgehead atoms. The maximum absolute atomic E-state index is 3.82. The molecule has 0 spiro atoms. The van der Waals surface area contributed by atoms with Crippen LogP contribution in [0.4, 0.5) is 0 Å². The van der Waals surface area contributed by atoms with Gasteiger partial charge in [-0.15, -0.1) is 6.58 Å². The SMILES string of the molecule is C=CCCC[C@H]1CCCC1C1CCCC1. The van der Waals surface area contributed by atoms with Gasteiger partial charge in [-0.1, -0.05) is 44.6 Å². The minimum Gasteiger partial charge on any atom is -0.103 e. The maximum atomic E-state index is 3.82. The summed E-state index contributed by atoms with van der Waals surface area (Å²) >= 11 is 0. The van der Waals surface area contributed by atoms with Crippen LogP contribution < -0.4 is 0 Å². The second kappa shape index (κ2) is 5.72. The third-order valence-corrected chi connectivity index (χ3v) is 4.71. The molecule has 0 heteroatoms. The highest BCUT2D eigenvalue weighted by Crippen LogP contribution is 2.45. The average molecular weight is 206 g/mol. The van der Waals surface area contributed by atoms with Crippen LogP contribution in [0.25, 0.3) is 0 Å². The molecule has 0 saturated heterocycles. The molecule has 2 aliphatic carbocycles. The van der Waals surface area contributed by atoms with Crippen LogP contribution in [0.1, 0.15) is 64.2 Å². The summed E-state index contributed by atoms with van der Waals surface area (Å²) in [6.07, 6.45) is 16.9. The Hall–Kier alpha value is -0.260. The molecule has 0 aromatic rings. The van der Waals surface area contributed by atoms with Crippen molar-refractivity contribution >= 4 is 0 Å². The summed E-state index contributed by atoms with van der Waals surface area (Å²) in [6.45, 7) is 3.82. The molecule has 2 atom stereocenters. The van der Waals surface area contributed by atoms with Crippen LogP contribution in [0.3, 0.4) is 0 Å². The van der Waals surface area contributed by atoms with Crippen LogP contribution in [-0.4, -0.2) is 0 Å². The first-order chi connectivity index (χ1) is 7.42. The van der Waals surface area contributed by atoms with Crippen LogP contribution in [0.15, 0.2) is 12.7 Å². The van der Waals surface area contributed by atoms with E-state index < -0.39 is 0 Å². The van der Waals surface area contributed by atoms with Crippen LogP contribution >= 0.6 is 0 Å². The fourth-order valence-electron chi connectivity index (χ4n) is 3.95. The molecule has 0 amide bonds. The van der Waals surface area contributed by atoms with Crippen molar-refractivity contribution in [2.75, 3.05) is 0 Å². The zero-order valence-corrected chi connectivity index (χ0v) is 10.1. The molecule has 0 nitrogen and oxygen atoms in total. The molecule has 15 heavy (non-hydrogen) atoms. The summed E-state index contributed by atoms with van der Waals surface area (Å²) in [5, 5.41) is 0. The first kappa shape index (κ1) is 11.2. The van der Waals surface area contributed by atoms with E-state index in [0.717, 1.165) is 17.8 Å². The largest absolute Gasteiger partial charge is 0.103 e. The lowest BCUT2D eigenvalue weighted by Gasteiger charge is -2.25. The van der Waals surface area contributed by atoms with Gasteiger partial charge in [-0.2, -0.15) is 0 Å². The Morgan fingerprint density at radius 1 is 1.00 bits per heavy atom. The molecule has 0 aliphatic heterocycles. The first-order valence-electron chi connectivity index (χ1n) is 7.02. The van der Waals surface area contributed by atoms with Crippen molar-refractivity contribution in [3.63, 3.8) is 0 Å². The van der Waals surface area contributed by atoms with Gasteiger partial charge >= 0.3 is 0 Å². The summed E-state index contributed by atoms with van der Waals surface area (Å²) in [4.78, 5) is 0. The van der Waals surface area contributed by atoms with Gasteiger partial charge in [0.25, 0.3) is 0 Å². The normalized spacial score (nSPS) is 32.3. The second-order valence-corrected chi connectivity index (χ2v) is 5.62. The Morgan fingerprint density at radius 3 is 2.53 bits per heavy atom. The van der Waals surface area contributed by atoms with E-state index in [9.17, 15) is 0 Å². The summed E-state index contributed by atoms with van der Waals surface area (Å²) in [6, 6.07) is 0. The van der Waals surface area contributed by atoms with Gasteiger partial charge in [-0.3, -0.25) is 0 Å². The Balaban J connectivity index is 1.78. The van der Waals surface area contributed by atoms with Gasteiger partial charge in [0, 0.05) is 0 Å². The third-order valence-electron chi connectivity index (χ3n) is 4.71. The topological polar surface area (TPSA) is 0 Å². The van der Waals surface area contributed by atoms with Gasteiger partial charge in [0.1, 0.15) is 0 Å². The highest BCUT2D eigenvalue weighted by Gasteiger charge is 2.34. The summed E-state index contributed by atoms with van der Waals surface area (Å²) < 4.78 is 0. The Kier molecular flexibility index (Phi) is 4.29. The lowest BCUT2D eigenvalue weighted by atomic mass is 9.80. The Bertz CT molecular complexity index is 188. The molecule has 0 N–H and O–H groups in total. The molecule has 2 fully saturated rings. The number of hydrogen-bond acceptors (Lipinski definition) is 0. The van der Waals surface area contributed by atoms with Gasteiger partial charge in [-0.05, 0) is 43.4 Å². The van der Waals surface area contributed by atoms with Crippen LogP contribution in [0.2, 0.25) is 0 Å². The van der Waals surface area contributed by atoms with E-state index >= 15 is 0 Å². The summed E-state index contributed by atoms with van der Waals surface area (Å²) in [5.74, 6) is 3.30.